The van der Waals surface area contributed by atoms with Crippen molar-refractivity contribution < 1.29 is 13.3 Å². The number of hydrogen-bond donors (Lipinski definition) is 1. The van der Waals surface area contributed by atoms with E-state index in [-0.39, 0.29) is 11.4 Å². The Morgan fingerprint density at radius 1 is 0.857 bits per heavy atom. The third-order valence-corrected chi connectivity index (χ3v) is 5.64. The van der Waals surface area contributed by atoms with Gasteiger partial charge in [0.15, 0.2) is 0 Å². The van der Waals surface area contributed by atoms with E-state index < -0.39 is 21.0 Å². The quantitative estimate of drug-likeness (QED) is 0.460. The summed E-state index contributed by atoms with van der Waals surface area (Å²) in [4.78, 5) is 10.4. The van der Waals surface area contributed by atoms with E-state index in [9.17, 15) is 18.5 Å². The van der Waals surface area contributed by atoms with Crippen LogP contribution < -0.4 is 4.72 Å². The molecular weight excluding hydrogens is 376 g/mol. The Morgan fingerprint density at radius 2 is 1.46 bits per heavy atom. The Balaban J connectivity index is 1.82. The Kier molecular flexibility index (Phi) is 6.18. The van der Waals surface area contributed by atoms with Gasteiger partial charge >= 0.3 is 0 Å². The molecule has 3 aromatic rings. The molecule has 7 heteroatoms. The van der Waals surface area contributed by atoms with Gasteiger partial charge in [-0.3, -0.25) is 10.1 Å². The average molecular weight is 396 g/mol. The minimum atomic E-state index is -3.72. The van der Waals surface area contributed by atoms with Gasteiger partial charge in [-0.2, -0.15) is 0 Å². The molecule has 0 aliphatic rings. The summed E-state index contributed by atoms with van der Waals surface area (Å²) in [5.74, 6) is -0.327. The van der Waals surface area contributed by atoms with Crippen LogP contribution in [0.1, 0.15) is 22.7 Å². The number of nitrogens with zero attached hydrogens (tertiary/aromatic N) is 1. The molecule has 0 radical (unpaired) electrons. The number of benzene rings is 3. The zero-order valence-electron chi connectivity index (χ0n) is 15.1. The minimum absolute atomic E-state index is 0.128. The molecule has 28 heavy (non-hydrogen) atoms. The van der Waals surface area contributed by atoms with Crippen LogP contribution >= 0.6 is 0 Å². The number of non-ortho nitro benzene ring substituents is 1. The first-order valence-electron chi connectivity index (χ1n) is 8.75. The SMILES string of the molecule is O=[N+]([O-])c1cccc(CS(=O)(=O)N[C@H](Cc2ccccc2)c2ccccc2)c1. The van der Waals surface area contributed by atoms with Gasteiger partial charge in [0.05, 0.1) is 16.7 Å². The van der Waals surface area contributed by atoms with Gasteiger partial charge in [-0.15, -0.1) is 0 Å². The number of rotatable bonds is 8. The maximum Gasteiger partial charge on any atom is 0.269 e. The minimum Gasteiger partial charge on any atom is -0.258 e. The highest BCUT2D eigenvalue weighted by Gasteiger charge is 2.21. The van der Waals surface area contributed by atoms with Gasteiger partial charge in [0.25, 0.3) is 5.69 Å². The summed E-state index contributed by atoms with van der Waals surface area (Å²) < 4.78 is 28.3. The largest absolute Gasteiger partial charge is 0.269 e. The molecule has 0 spiro atoms. The van der Waals surface area contributed by atoms with E-state index in [1.807, 2.05) is 60.7 Å². The van der Waals surface area contributed by atoms with Crippen LogP contribution in [-0.2, 0) is 22.2 Å². The van der Waals surface area contributed by atoms with Gasteiger partial charge in [0.2, 0.25) is 10.0 Å². The van der Waals surface area contributed by atoms with Crippen molar-refractivity contribution in [2.24, 2.45) is 0 Å². The van der Waals surface area contributed by atoms with Crippen LogP contribution in [0.3, 0.4) is 0 Å². The smallest absolute Gasteiger partial charge is 0.258 e. The molecule has 0 aliphatic carbocycles. The second kappa shape index (κ2) is 8.77. The summed E-state index contributed by atoms with van der Waals surface area (Å²) in [6.45, 7) is 0. The number of hydrogen-bond acceptors (Lipinski definition) is 4. The lowest BCUT2D eigenvalue weighted by Gasteiger charge is -2.19. The van der Waals surface area contributed by atoms with Crippen molar-refractivity contribution in [1.29, 1.82) is 0 Å². The molecule has 0 saturated carbocycles. The Labute approximate surface area is 164 Å². The van der Waals surface area contributed by atoms with Crippen molar-refractivity contribution in [1.82, 2.24) is 4.72 Å². The van der Waals surface area contributed by atoms with Crippen molar-refractivity contribution in [3.05, 3.63) is 112 Å². The van der Waals surface area contributed by atoms with Crippen molar-refractivity contribution in [2.45, 2.75) is 18.2 Å². The predicted octanol–water partition coefficient (Wildman–Crippen LogP) is 4.00. The summed E-state index contributed by atoms with van der Waals surface area (Å²) in [5, 5.41) is 10.9. The lowest BCUT2D eigenvalue weighted by atomic mass is 10.00. The van der Waals surface area contributed by atoms with Gasteiger partial charge in [-0.05, 0) is 23.1 Å². The molecule has 0 heterocycles. The van der Waals surface area contributed by atoms with Crippen molar-refractivity contribution >= 4 is 15.7 Å². The molecule has 0 aliphatic heterocycles. The highest BCUT2D eigenvalue weighted by Crippen LogP contribution is 2.21. The standard InChI is InChI=1S/C21H20N2O4S/c24-23(25)20-13-7-10-18(14-20)16-28(26,27)22-21(19-11-5-2-6-12-19)15-17-8-3-1-4-9-17/h1-14,21-22H,15-16H2/t21-/m1/s1. The number of nitro benzene ring substituents is 1. The first kappa shape index (κ1) is 19.7. The Morgan fingerprint density at radius 3 is 2.11 bits per heavy atom. The van der Waals surface area contributed by atoms with Crippen LogP contribution in [0.5, 0.6) is 0 Å². The molecule has 0 amide bonds. The zero-order valence-corrected chi connectivity index (χ0v) is 15.9. The van der Waals surface area contributed by atoms with Crippen molar-refractivity contribution in [3.8, 4) is 0 Å². The molecule has 3 rings (SSSR count). The van der Waals surface area contributed by atoms with Crippen LogP contribution in [0.4, 0.5) is 5.69 Å². The van der Waals surface area contributed by atoms with Crippen LogP contribution in [0, 0.1) is 10.1 Å². The van der Waals surface area contributed by atoms with Gasteiger partial charge < -0.3 is 0 Å². The number of nitrogens with one attached hydrogen (secondary N) is 1. The molecule has 0 saturated heterocycles. The third-order valence-electron chi connectivity index (χ3n) is 4.28. The third kappa shape index (κ3) is 5.48. The Hall–Kier alpha value is -3.03. The van der Waals surface area contributed by atoms with Crippen molar-refractivity contribution in [2.75, 3.05) is 0 Å². The molecule has 144 valence electrons. The van der Waals surface area contributed by atoms with E-state index in [2.05, 4.69) is 4.72 Å². The molecule has 0 unspecified atom stereocenters. The molecule has 0 bridgehead atoms. The van der Waals surface area contributed by atoms with Crippen LogP contribution in [0.2, 0.25) is 0 Å². The molecule has 0 aromatic heterocycles. The zero-order chi connectivity index (χ0) is 20.0. The topological polar surface area (TPSA) is 89.3 Å². The normalized spacial score (nSPS) is 12.4. The average Bonchev–Trinajstić information content (AvgIpc) is 2.68. The monoisotopic (exact) mass is 396 g/mol. The van der Waals surface area contributed by atoms with E-state index in [4.69, 9.17) is 0 Å². The second-order valence-electron chi connectivity index (χ2n) is 6.46. The van der Waals surface area contributed by atoms with Crippen LogP contribution in [0.25, 0.3) is 0 Å². The summed E-state index contributed by atoms with van der Waals surface area (Å²) in [5.41, 5.74) is 2.10. The van der Waals surface area contributed by atoms with Gasteiger partial charge in [0.1, 0.15) is 0 Å². The number of nitro groups is 1. The first-order chi connectivity index (χ1) is 13.4. The fourth-order valence-corrected chi connectivity index (χ4v) is 4.35. The lowest BCUT2D eigenvalue weighted by Crippen LogP contribution is -2.31. The van der Waals surface area contributed by atoms with Gasteiger partial charge in [0, 0.05) is 12.1 Å². The van der Waals surface area contributed by atoms with E-state index in [1.165, 1.54) is 18.2 Å². The maximum atomic E-state index is 12.8. The first-order valence-corrected chi connectivity index (χ1v) is 10.4. The molecule has 3 aromatic carbocycles. The summed E-state index contributed by atoms with van der Waals surface area (Å²) >= 11 is 0. The van der Waals surface area contributed by atoms with E-state index >= 15 is 0 Å². The van der Waals surface area contributed by atoms with Crippen LogP contribution in [0.15, 0.2) is 84.9 Å². The van der Waals surface area contributed by atoms with E-state index in [0.717, 1.165) is 11.1 Å². The fraction of sp³-hybridized carbons (Fsp3) is 0.143. The van der Waals surface area contributed by atoms with Gasteiger partial charge in [-0.25, -0.2) is 13.1 Å². The molecule has 6 nitrogen and oxygen atoms in total. The second-order valence-corrected chi connectivity index (χ2v) is 8.21. The summed E-state index contributed by atoms with van der Waals surface area (Å²) in [6.07, 6.45) is 0.499. The molecular formula is C21H20N2O4S. The predicted molar refractivity (Wildman–Crippen MR) is 108 cm³/mol. The highest BCUT2D eigenvalue weighted by molar-refractivity contribution is 7.88. The summed E-state index contributed by atoms with van der Waals surface area (Å²) in [6, 6.07) is 24.2. The highest BCUT2D eigenvalue weighted by atomic mass is 32.2. The molecule has 1 atom stereocenters. The molecule has 1 N–H and O–H groups in total. The summed E-state index contributed by atoms with van der Waals surface area (Å²) in [7, 11) is -3.72. The maximum absolute atomic E-state index is 12.8. The van der Waals surface area contributed by atoms with Gasteiger partial charge in [-0.1, -0.05) is 72.8 Å². The van der Waals surface area contributed by atoms with E-state index in [1.54, 1.807) is 6.07 Å². The van der Waals surface area contributed by atoms with Crippen molar-refractivity contribution in [3.63, 3.8) is 0 Å². The fourth-order valence-electron chi connectivity index (χ4n) is 3.00. The Bertz CT molecular complexity index is 1040. The van der Waals surface area contributed by atoms with Crippen LogP contribution in [-0.4, -0.2) is 13.3 Å². The molecule has 0 fully saturated rings. The van der Waals surface area contributed by atoms with E-state index in [0.29, 0.717) is 12.0 Å². The lowest BCUT2D eigenvalue weighted by molar-refractivity contribution is -0.384. The number of sulfonamides is 1.